The van der Waals surface area contributed by atoms with Gasteiger partial charge in [0.05, 0.1) is 0 Å². The van der Waals surface area contributed by atoms with Crippen molar-refractivity contribution in [3.8, 4) is 11.5 Å². The molecular formula is C22H32O2. The van der Waals surface area contributed by atoms with Crippen molar-refractivity contribution in [2.24, 2.45) is 0 Å². The third kappa shape index (κ3) is 7.08. The third-order valence-corrected chi connectivity index (χ3v) is 4.28. The topological polar surface area (TPSA) is 40.5 Å². The zero-order chi connectivity index (χ0) is 18.1. The summed E-state index contributed by atoms with van der Waals surface area (Å²) in [6, 6.07) is 3.43. The van der Waals surface area contributed by atoms with Crippen molar-refractivity contribution in [1.29, 1.82) is 0 Å². The predicted octanol–water partition coefficient (Wildman–Crippen LogP) is 6.37. The molecule has 0 heterocycles. The first kappa shape index (κ1) is 20.1. The number of hydrogen-bond donors (Lipinski definition) is 2. The lowest BCUT2D eigenvalue weighted by atomic mass is 10.0. The minimum Gasteiger partial charge on any atom is -0.508 e. The molecule has 0 spiro atoms. The van der Waals surface area contributed by atoms with Gasteiger partial charge in [-0.2, -0.15) is 0 Å². The summed E-state index contributed by atoms with van der Waals surface area (Å²) in [5.41, 5.74) is 5.57. The number of hydrogen-bond acceptors (Lipinski definition) is 2. The monoisotopic (exact) mass is 328 g/mol. The van der Waals surface area contributed by atoms with Gasteiger partial charge in [0.1, 0.15) is 11.5 Å². The highest BCUT2D eigenvalue weighted by atomic mass is 16.3. The van der Waals surface area contributed by atoms with E-state index in [1.165, 1.54) is 16.7 Å². The molecule has 0 atom stereocenters. The average molecular weight is 328 g/mol. The Labute approximate surface area is 147 Å². The highest BCUT2D eigenvalue weighted by molar-refractivity contribution is 5.48. The maximum Gasteiger partial charge on any atom is 0.125 e. The molecule has 0 unspecified atom stereocenters. The van der Waals surface area contributed by atoms with Crippen LogP contribution >= 0.6 is 0 Å². The molecule has 2 heteroatoms. The van der Waals surface area contributed by atoms with Crippen molar-refractivity contribution in [3.05, 3.63) is 58.2 Å². The molecule has 0 fully saturated rings. The summed E-state index contributed by atoms with van der Waals surface area (Å²) in [6.07, 6.45) is 11.8. The van der Waals surface area contributed by atoms with Crippen LogP contribution in [0.15, 0.2) is 47.1 Å². The second-order valence-electron chi connectivity index (χ2n) is 6.88. The summed E-state index contributed by atoms with van der Waals surface area (Å²) in [5.74, 6) is 0.347. The van der Waals surface area contributed by atoms with E-state index in [0.29, 0.717) is 12.0 Å². The van der Waals surface area contributed by atoms with Gasteiger partial charge in [0.15, 0.2) is 0 Å². The fraction of sp³-hybridized carbons (Fsp3) is 0.455. The van der Waals surface area contributed by atoms with Gasteiger partial charge in [-0.3, -0.25) is 0 Å². The average Bonchev–Trinajstić information content (AvgIpc) is 2.51. The normalized spacial score (nSPS) is 12.4. The first-order valence-corrected chi connectivity index (χ1v) is 8.76. The van der Waals surface area contributed by atoms with Crippen LogP contribution < -0.4 is 0 Å². The van der Waals surface area contributed by atoms with Crippen molar-refractivity contribution < 1.29 is 10.2 Å². The first-order valence-electron chi connectivity index (χ1n) is 8.76. The van der Waals surface area contributed by atoms with Gasteiger partial charge >= 0.3 is 0 Å². The van der Waals surface area contributed by atoms with Gasteiger partial charge in [-0.1, -0.05) is 41.0 Å². The lowest BCUT2D eigenvalue weighted by Crippen LogP contribution is -1.88. The van der Waals surface area contributed by atoms with Crippen LogP contribution in [0.1, 0.15) is 64.5 Å². The number of allylic oxidation sites excluding steroid dienone is 6. The number of benzene rings is 1. The zero-order valence-electron chi connectivity index (χ0n) is 15.8. The fourth-order valence-electron chi connectivity index (χ4n) is 2.53. The molecule has 2 N–H and O–H groups in total. The molecular weight excluding hydrogens is 296 g/mol. The molecule has 0 saturated carbocycles. The highest BCUT2D eigenvalue weighted by Gasteiger charge is 2.06. The summed E-state index contributed by atoms with van der Waals surface area (Å²) < 4.78 is 0. The fourth-order valence-corrected chi connectivity index (χ4v) is 2.53. The van der Waals surface area contributed by atoms with Gasteiger partial charge in [0.2, 0.25) is 0 Å². The Balaban J connectivity index is 2.48. The van der Waals surface area contributed by atoms with Crippen LogP contribution in [0, 0.1) is 6.92 Å². The van der Waals surface area contributed by atoms with Crippen LogP contribution in [0.2, 0.25) is 0 Å². The van der Waals surface area contributed by atoms with Crippen molar-refractivity contribution in [1.82, 2.24) is 0 Å². The van der Waals surface area contributed by atoms with E-state index in [2.05, 4.69) is 45.9 Å². The van der Waals surface area contributed by atoms with Gasteiger partial charge in [-0.25, -0.2) is 0 Å². The van der Waals surface area contributed by atoms with Crippen LogP contribution in [-0.4, -0.2) is 10.2 Å². The molecule has 0 aliphatic rings. The van der Waals surface area contributed by atoms with E-state index in [4.69, 9.17) is 0 Å². The summed E-state index contributed by atoms with van der Waals surface area (Å²) in [6.45, 7) is 10.3. The maximum absolute atomic E-state index is 10.1. The van der Waals surface area contributed by atoms with E-state index in [1.807, 2.05) is 0 Å². The van der Waals surface area contributed by atoms with Gasteiger partial charge in [0, 0.05) is 5.56 Å². The molecule has 0 aromatic heterocycles. The van der Waals surface area contributed by atoms with E-state index < -0.39 is 0 Å². The molecule has 1 aromatic rings. The number of rotatable bonds is 8. The summed E-state index contributed by atoms with van der Waals surface area (Å²) in [5, 5.41) is 19.6. The minimum atomic E-state index is 0.144. The van der Waals surface area contributed by atoms with Crippen LogP contribution in [0.4, 0.5) is 0 Å². The SMILES string of the molecule is CC(C)=CCCC(C)=CCCC(C)=CCc1ccc(O)c(C)c1O. The summed E-state index contributed by atoms with van der Waals surface area (Å²) in [7, 11) is 0. The Kier molecular flexibility index (Phi) is 8.39. The van der Waals surface area contributed by atoms with Crippen LogP contribution in [0.5, 0.6) is 11.5 Å². The molecule has 132 valence electrons. The molecule has 2 nitrogen and oxygen atoms in total. The molecule has 0 bridgehead atoms. The van der Waals surface area contributed by atoms with Gasteiger partial charge in [-0.15, -0.1) is 0 Å². The quantitative estimate of drug-likeness (QED) is 0.544. The Morgan fingerprint density at radius 1 is 0.875 bits per heavy atom. The summed E-state index contributed by atoms with van der Waals surface area (Å²) in [4.78, 5) is 0. The van der Waals surface area contributed by atoms with Crippen molar-refractivity contribution >= 4 is 0 Å². The molecule has 0 saturated heterocycles. The highest BCUT2D eigenvalue weighted by Crippen LogP contribution is 2.30. The van der Waals surface area contributed by atoms with E-state index in [9.17, 15) is 10.2 Å². The molecule has 0 aliphatic heterocycles. The smallest absolute Gasteiger partial charge is 0.125 e. The van der Waals surface area contributed by atoms with Crippen LogP contribution in [0.25, 0.3) is 0 Å². The Hall–Kier alpha value is -1.96. The van der Waals surface area contributed by atoms with Crippen LogP contribution in [0.3, 0.4) is 0 Å². The van der Waals surface area contributed by atoms with Gasteiger partial charge in [-0.05, 0) is 78.4 Å². The first-order chi connectivity index (χ1) is 11.3. The van der Waals surface area contributed by atoms with E-state index in [-0.39, 0.29) is 11.5 Å². The Morgan fingerprint density at radius 2 is 1.46 bits per heavy atom. The zero-order valence-corrected chi connectivity index (χ0v) is 15.8. The van der Waals surface area contributed by atoms with E-state index in [1.54, 1.807) is 19.1 Å². The van der Waals surface area contributed by atoms with E-state index >= 15 is 0 Å². The second-order valence-corrected chi connectivity index (χ2v) is 6.88. The molecule has 0 amide bonds. The third-order valence-electron chi connectivity index (χ3n) is 4.28. The minimum absolute atomic E-state index is 0.144. The number of phenolic OH excluding ortho intramolecular Hbond substituents is 2. The lowest BCUT2D eigenvalue weighted by Gasteiger charge is -2.07. The molecule has 0 radical (unpaired) electrons. The van der Waals surface area contributed by atoms with Crippen molar-refractivity contribution in [2.45, 2.75) is 66.7 Å². The largest absolute Gasteiger partial charge is 0.508 e. The van der Waals surface area contributed by atoms with Crippen LogP contribution in [-0.2, 0) is 6.42 Å². The molecule has 1 aromatic carbocycles. The van der Waals surface area contributed by atoms with Gasteiger partial charge < -0.3 is 10.2 Å². The maximum atomic E-state index is 10.1. The molecule has 0 aliphatic carbocycles. The standard InChI is InChI=1S/C22H32O2/c1-16(2)8-6-9-17(3)10-7-11-18(4)12-13-20-14-15-21(23)19(5)22(20)24/h8,10,12,14-15,23-24H,6-7,9,11,13H2,1-5H3. The van der Waals surface area contributed by atoms with E-state index in [0.717, 1.165) is 31.2 Å². The number of phenols is 2. The van der Waals surface area contributed by atoms with Gasteiger partial charge in [0.25, 0.3) is 0 Å². The summed E-state index contributed by atoms with van der Waals surface area (Å²) >= 11 is 0. The predicted molar refractivity (Wildman–Crippen MR) is 104 cm³/mol. The number of aromatic hydroxyl groups is 2. The Bertz CT molecular complexity index is 630. The second kappa shape index (κ2) is 10.0. The molecule has 1 rings (SSSR count). The van der Waals surface area contributed by atoms with Crippen molar-refractivity contribution in [3.63, 3.8) is 0 Å². The Morgan fingerprint density at radius 3 is 2.08 bits per heavy atom. The van der Waals surface area contributed by atoms with Crippen molar-refractivity contribution in [2.75, 3.05) is 0 Å². The lowest BCUT2D eigenvalue weighted by molar-refractivity contribution is 0.439. The molecule has 24 heavy (non-hydrogen) atoms.